The van der Waals surface area contributed by atoms with Crippen LogP contribution < -0.4 is 10.6 Å². The standard InChI is InChI=1S/C12H21N5O3S2/c1-13-11(6-17(18)19)14-4-5-22(20)9-10-8-21-12(15-10)7-16(2)3/h6,8,13-14H,4-5,7,9H2,1-3H3/b11-6-. The third kappa shape index (κ3) is 7.59. The fourth-order valence-corrected chi connectivity index (χ4v) is 3.57. The van der Waals surface area contributed by atoms with Gasteiger partial charge >= 0.3 is 0 Å². The zero-order valence-electron chi connectivity index (χ0n) is 12.9. The smallest absolute Gasteiger partial charge is 0.274 e. The van der Waals surface area contributed by atoms with Crippen LogP contribution in [-0.2, 0) is 23.5 Å². The number of hydrogen-bond acceptors (Lipinski definition) is 8. The summed E-state index contributed by atoms with van der Waals surface area (Å²) in [5.41, 5.74) is 0.829. The SMILES string of the molecule is CN/C(=C/[N+](=O)[O-])NCC[S+]([O-])Cc1csc(CN(C)C)n1. The molecule has 1 atom stereocenters. The van der Waals surface area contributed by atoms with E-state index in [1.807, 2.05) is 24.4 Å². The molecular formula is C12H21N5O3S2. The Kier molecular flexibility index (Phi) is 8.17. The van der Waals surface area contributed by atoms with Gasteiger partial charge in [0, 0.05) is 19.0 Å². The highest BCUT2D eigenvalue weighted by molar-refractivity contribution is 7.90. The van der Waals surface area contributed by atoms with Crippen LogP contribution in [0.4, 0.5) is 0 Å². The maximum Gasteiger partial charge on any atom is 0.274 e. The third-order valence-corrected chi connectivity index (χ3v) is 4.67. The predicted molar refractivity (Wildman–Crippen MR) is 88.4 cm³/mol. The van der Waals surface area contributed by atoms with Gasteiger partial charge in [0.2, 0.25) is 0 Å². The second-order valence-electron chi connectivity index (χ2n) is 4.76. The third-order valence-electron chi connectivity index (χ3n) is 2.51. The van der Waals surface area contributed by atoms with Crippen LogP contribution in [0.2, 0.25) is 0 Å². The molecule has 1 heterocycles. The highest BCUT2D eigenvalue weighted by Gasteiger charge is 2.12. The predicted octanol–water partition coefficient (Wildman–Crippen LogP) is 0.338. The molecule has 0 aliphatic heterocycles. The lowest BCUT2D eigenvalue weighted by Crippen LogP contribution is -2.29. The van der Waals surface area contributed by atoms with Crippen molar-refractivity contribution in [3.05, 3.63) is 38.2 Å². The molecule has 0 spiro atoms. The van der Waals surface area contributed by atoms with Gasteiger partial charge in [0.05, 0.1) is 11.5 Å². The molecule has 1 unspecified atom stereocenters. The molecule has 0 fully saturated rings. The highest BCUT2D eigenvalue weighted by Crippen LogP contribution is 2.13. The summed E-state index contributed by atoms with van der Waals surface area (Å²) in [6, 6.07) is 0. The molecule has 10 heteroatoms. The molecule has 0 saturated carbocycles. The molecule has 0 aliphatic carbocycles. The summed E-state index contributed by atoms with van der Waals surface area (Å²) in [7, 11) is 5.53. The Balaban J connectivity index is 2.35. The summed E-state index contributed by atoms with van der Waals surface area (Å²) in [5.74, 6) is 1.10. The van der Waals surface area contributed by atoms with Crippen molar-refractivity contribution in [3.63, 3.8) is 0 Å². The van der Waals surface area contributed by atoms with Gasteiger partial charge in [0.25, 0.3) is 6.20 Å². The van der Waals surface area contributed by atoms with Crippen molar-refractivity contribution in [3.8, 4) is 0 Å². The van der Waals surface area contributed by atoms with Crippen molar-refractivity contribution in [1.82, 2.24) is 20.5 Å². The second-order valence-corrected chi connectivity index (χ2v) is 7.28. The van der Waals surface area contributed by atoms with Crippen LogP contribution in [0.3, 0.4) is 0 Å². The molecule has 0 saturated heterocycles. The zero-order chi connectivity index (χ0) is 16.5. The Labute approximate surface area is 136 Å². The van der Waals surface area contributed by atoms with Gasteiger partial charge in [-0.3, -0.25) is 10.1 Å². The number of hydrogen-bond donors (Lipinski definition) is 2. The van der Waals surface area contributed by atoms with E-state index in [2.05, 4.69) is 15.6 Å². The first-order valence-electron chi connectivity index (χ1n) is 6.60. The van der Waals surface area contributed by atoms with Gasteiger partial charge in [-0.05, 0) is 25.3 Å². The highest BCUT2D eigenvalue weighted by atomic mass is 32.2. The number of thiazole rings is 1. The topological polar surface area (TPSA) is 106 Å². The molecule has 0 bridgehead atoms. The van der Waals surface area contributed by atoms with Crippen LogP contribution in [0, 0.1) is 10.1 Å². The van der Waals surface area contributed by atoms with E-state index in [1.54, 1.807) is 18.4 Å². The Morgan fingerprint density at radius 1 is 1.59 bits per heavy atom. The fourth-order valence-electron chi connectivity index (χ4n) is 1.60. The molecule has 1 aromatic heterocycles. The monoisotopic (exact) mass is 347 g/mol. The van der Waals surface area contributed by atoms with Crippen molar-refractivity contribution in [2.75, 3.05) is 33.4 Å². The van der Waals surface area contributed by atoms with E-state index in [-0.39, 0.29) is 0 Å². The molecule has 0 radical (unpaired) electrons. The van der Waals surface area contributed by atoms with Gasteiger partial charge in [0.15, 0.2) is 5.82 Å². The van der Waals surface area contributed by atoms with E-state index in [9.17, 15) is 14.7 Å². The molecular weight excluding hydrogens is 326 g/mol. The maximum atomic E-state index is 12.0. The van der Waals surface area contributed by atoms with Crippen LogP contribution in [0.1, 0.15) is 10.7 Å². The minimum atomic E-state index is -1.06. The summed E-state index contributed by atoms with van der Waals surface area (Å²) in [5, 5.41) is 18.8. The first kappa shape index (κ1) is 18.7. The summed E-state index contributed by atoms with van der Waals surface area (Å²) < 4.78 is 12.0. The first-order valence-corrected chi connectivity index (χ1v) is 8.97. The van der Waals surface area contributed by atoms with E-state index in [0.717, 1.165) is 23.4 Å². The van der Waals surface area contributed by atoms with E-state index in [1.165, 1.54) is 0 Å². The quantitative estimate of drug-likeness (QED) is 0.357. The van der Waals surface area contributed by atoms with Crippen molar-refractivity contribution >= 4 is 22.5 Å². The lowest BCUT2D eigenvalue weighted by molar-refractivity contribution is -0.404. The molecule has 124 valence electrons. The van der Waals surface area contributed by atoms with Gasteiger partial charge < -0.3 is 20.1 Å². The van der Waals surface area contributed by atoms with Crippen molar-refractivity contribution < 1.29 is 9.48 Å². The lowest BCUT2D eigenvalue weighted by atomic mass is 10.5. The van der Waals surface area contributed by atoms with Crippen molar-refractivity contribution in [1.29, 1.82) is 0 Å². The largest absolute Gasteiger partial charge is 0.616 e. The van der Waals surface area contributed by atoms with E-state index < -0.39 is 16.1 Å². The minimum Gasteiger partial charge on any atom is -0.616 e. The molecule has 1 rings (SSSR count). The summed E-state index contributed by atoms with van der Waals surface area (Å²) >= 11 is 0.504. The molecule has 2 N–H and O–H groups in total. The van der Waals surface area contributed by atoms with Crippen LogP contribution >= 0.6 is 11.3 Å². The molecule has 0 aromatic carbocycles. The molecule has 8 nitrogen and oxygen atoms in total. The molecule has 1 aromatic rings. The number of aromatic nitrogens is 1. The zero-order valence-corrected chi connectivity index (χ0v) is 14.5. The lowest BCUT2D eigenvalue weighted by Gasteiger charge is -2.11. The number of nitrogens with zero attached hydrogens (tertiary/aromatic N) is 3. The van der Waals surface area contributed by atoms with Crippen molar-refractivity contribution in [2.45, 2.75) is 12.3 Å². The molecule has 22 heavy (non-hydrogen) atoms. The Morgan fingerprint density at radius 3 is 2.91 bits per heavy atom. The van der Waals surface area contributed by atoms with E-state index in [0.29, 0.717) is 23.9 Å². The van der Waals surface area contributed by atoms with E-state index in [4.69, 9.17) is 0 Å². The normalized spacial score (nSPS) is 13.2. The molecule has 0 aliphatic rings. The average molecular weight is 347 g/mol. The summed E-state index contributed by atoms with van der Waals surface area (Å²) in [6.45, 7) is 1.16. The van der Waals surface area contributed by atoms with Gasteiger partial charge in [-0.25, -0.2) is 4.98 Å². The van der Waals surface area contributed by atoms with Crippen molar-refractivity contribution in [2.24, 2.45) is 0 Å². The van der Waals surface area contributed by atoms with Gasteiger partial charge in [-0.15, -0.1) is 11.3 Å². The second kappa shape index (κ2) is 9.62. The van der Waals surface area contributed by atoms with E-state index >= 15 is 0 Å². The number of rotatable bonds is 10. The number of nitrogens with one attached hydrogen (secondary N) is 2. The van der Waals surface area contributed by atoms with Gasteiger partial charge in [0.1, 0.15) is 22.2 Å². The first-order chi connectivity index (χ1) is 10.4. The Hall–Kier alpha value is -1.36. The molecule has 0 amide bonds. The van der Waals surface area contributed by atoms with Gasteiger partial charge in [-0.2, -0.15) is 0 Å². The van der Waals surface area contributed by atoms with Crippen LogP contribution in [-0.4, -0.2) is 52.8 Å². The average Bonchev–Trinajstić information content (AvgIpc) is 2.83. The summed E-state index contributed by atoms with van der Waals surface area (Å²) in [6.07, 6.45) is 0.844. The number of nitro groups is 1. The Bertz CT molecular complexity index is 507. The van der Waals surface area contributed by atoms with Crippen LogP contribution in [0.5, 0.6) is 0 Å². The maximum absolute atomic E-state index is 12.0. The van der Waals surface area contributed by atoms with Crippen LogP contribution in [0.15, 0.2) is 17.4 Å². The minimum absolute atomic E-state index is 0.295. The van der Waals surface area contributed by atoms with Gasteiger partial charge in [-0.1, -0.05) is 0 Å². The Morgan fingerprint density at radius 2 is 2.32 bits per heavy atom. The fraction of sp³-hybridized carbons (Fsp3) is 0.583. The van der Waals surface area contributed by atoms with Crippen LogP contribution in [0.25, 0.3) is 0 Å². The summed E-state index contributed by atoms with van der Waals surface area (Å²) in [4.78, 5) is 16.3.